The fourth-order valence-electron chi connectivity index (χ4n) is 2.55. The van der Waals surface area contributed by atoms with Gasteiger partial charge in [0.1, 0.15) is 5.69 Å². The molecule has 0 bridgehead atoms. The highest BCUT2D eigenvalue weighted by atomic mass is 32.2. The SMILES string of the molecule is CCSc1ccc(Cc2nnc(NC(=O)c3cc(C)nn3CC)o2)cc1. The van der Waals surface area contributed by atoms with Crippen LogP contribution >= 0.6 is 11.8 Å². The van der Waals surface area contributed by atoms with Gasteiger partial charge in [-0.25, -0.2) is 0 Å². The zero-order valence-electron chi connectivity index (χ0n) is 15.0. The fraction of sp³-hybridized carbons (Fsp3) is 0.333. The second-order valence-electron chi connectivity index (χ2n) is 5.70. The van der Waals surface area contributed by atoms with Crippen molar-refractivity contribution in [2.45, 2.75) is 38.6 Å². The van der Waals surface area contributed by atoms with E-state index < -0.39 is 0 Å². The molecule has 1 amide bonds. The number of carbonyl (C=O) groups excluding carboxylic acids is 1. The van der Waals surface area contributed by atoms with Gasteiger partial charge in [0, 0.05) is 11.4 Å². The fourth-order valence-corrected chi connectivity index (χ4v) is 3.21. The summed E-state index contributed by atoms with van der Waals surface area (Å²) in [6, 6.07) is 10.1. The average molecular weight is 371 g/mol. The molecule has 0 aliphatic heterocycles. The van der Waals surface area contributed by atoms with E-state index in [2.05, 4.69) is 39.7 Å². The third-order valence-electron chi connectivity index (χ3n) is 3.71. The highest BCUT2D eigenvalue weighted by Gasteiger charge is 2.16. The monoisotopic (exact) mass is 371 g/mol. The number of nitrogens with zero attached hydrogens (tertiary/aromatic N) is 4. The van der Waals surface area contributed by atoms with Crippen LogP contribution in [0.4, 0.5) is 6.01 Å². The van der Waals surface area contributed by atoms with Gasteiger partial charge in [-0.1, -0.05) is 24.2 Å². The van der Waals surface area contributed by atoms with Gasteiger partial charge in [0.2, 0.25) is 5.89 Å². The number of anilines is 1. The summed E-state index contributed by atoms with van der Waals surface area (Å²) in [5.41, 5.74) is 2.33. The molecule has 0 saturated carbocycles. The van der Waals surface area contributed by atoms with Gasteiger partial charge in [0.15, 0.2) is 0 Å². The van der Waals surface area contributed by atoms with Crippen LogP contribution < -0.4 is 5.32 Å². The summed E-state index contributed by atoms with van der Waals surface area (Å²) in [5.74, 6) is 1.18. The molecule has 0 aliphatic carbocycles. The summed E-state index contributed by atoms with van der Waals surface area (Å²) in [6.07, 6.45) is 0.520. The molecule has 0 radical (unpaired) electrons. The molecule has 1 aromatic carbocycles. The lowest BCUT2D eigenvalue weighted by Crippen LogP contribution is -2.17. The number of hydrogen-bond acceptors (Lipinski definition) is 6. The van der Waals surface area contributed by atoms with Crippen LogP contribution in [-0.2, 0) is 13.0 Å². The Morgan fingerprint density at radius 3 is 2.69 bits per heavy atom. The first kappa shape index (κ1) is 18.2. The van der Waals surface area contributed by atoms with E-state index in [-0.39, 0.29) is 11.9 Å². The number of benzene rings is 1. The molecule has 0 atom stereocenters. The zero-order valence-corrected chi connectivity index (χ0v) is 15.8. The lowest BCUT2D eigenvalue weighted by molar-refractivity contribution is 0.101. The van der Waals surface area contributed by atoms with E-state index in [1.54, 1.807) is 22.5 Å². The van der Waals surface area contributed by atoms with Crippen LogP contribution in [0.5, 0.6) is 0 Å². The topological polar surface area (TPSA) is 85.8 Å². The van der Waals surface area contributed by atoms with Crippen LogP contribution in [0.2, 0.25) is 0 Å². The van der Waals surface area contributed by atoms with Crippen molar-refractivity contribution in [1.29, 1.82) is 0 Å². The van der Waals surface area contributed by atoms with Crippen LogP contribution in [0.3, 0.4) is 0 Å². The Kier molecular flexibility index (Phi) is 5.72. The number of amides is 1. The molecule has 2 aromatic heterocycles. The first-order chi connectivity index (χ1) is 12.6. The van der Waals surface area contributed by atoms with Gasteiger partial charge in [-0.3, -0.25) is 14.8 Å². The number of hydrogen-bond donors (Lipinski definition) is 1. The second-order valence-corrected chi connectivity index (χ2v) is 7.03. The molecule has 0 saturated heterocycles. The molecule has 0 aliphatic rings. The molecular formula is C18H21N5O2S. The molecule has 136 valence electrons. The molecule has 3 aromatic rings. The minimum Gasteiger partial charge on any atom is -0.407 e. The Balaban J connectivity index is 1.65. The standard InChI is InChI=1S/C18H21N5O2S/c1-4-23-15(10-12(3)22-23)17(24)19-18-21-20-16(25-18)11-13-6-8-14(9-7-13)26-5-2/h6-10H,4-5,11H2,1-3H3,(H,19,21,24). The normalized spacial score (nSPS) is 10.9. The van der Waals surface area contributed by atoms with Crippen LogP contribution in [0.1, 0.15) is 41.5 Å². The number of aryl methyl sites for hydroxylation is 2. The Bertz CT molecular complexity index is 885. The van der Waals surface area contributed by atoms with E-state index in [0.29, 0.717) is 24.6 Å². The molecule has 8 heteroatoms. The summed E-state index contributed by atoms with van der Waals surface area (Å²) in [5, 5.41) is 14.8. The van der Waals surface area contributed by atoms with Gasteiger partial charge in [0.25, 0.3) is 5.91 Å². The molecule has 3 rings (SSSR count). The Hall–Kier alpha value is -2.61. The van der Waals surface area contributed by atoms with Crippen molar-refractivity contribution in [2.24, 2.45) is 0 Å². The predicted molar refractivity (Wildman–Crippen MR) is 101 cm³/mol. The third-order valence-corrected chi connectivity index (χ3v) is 4.61. The van der Waals surface area contributed by atoms with E-state index in [9.17, 15) is 4.79 Å². The van der Waals surface area contributed by atoms with Crippen LogP contribution in [-0.4, -0.2) is 31.6 Å². The summed E-state index contributed by atoms with van der Waals surface area (Å²) < 4.78 is 7.19. The van der Waals surface area contributed by atoms with Crippen molar-refractivity contribution >= 4 is 23.7 Å². The van der Waals surface area contributed by atoms with Gasteiger partial charge >= 0.3 is 6.01 Å². The van der Waals surface area contributed by atoms with Crippen LogP contribution in [0, 0.1) is 6.92 Å². The first-order valence-electron chi connectivity index (χ1n) is 8.49. The Morgan fingerprint density at radius 1 is 1.23 bits per heavy atom. The molecule has 0 unspecified atom stereocenters. The smallest absolute Gasteiger partial charge is 0.322 e. The number of carbonyl (C=O) groups is 1. The summed E-state index contributed by atoms with van der Waals surface area (Å²) in [7, 11) is 0. The minimum atomic E-state index is -0.316. The summed E-state index contributed by atoms with van der Waals surface area (Å²) in [4.78, 5) is 13.6. The molecule has 7 nitrogen and oxygen atoms in total. The van der Waals surface area contributed by atoms with Crippen molar-refractivity contribution in [3.05, 3.63) is 53.2 Å². The lowest BCUT2D eigenvalue weighted by Gasteiger charge is -2.03. The average Bonchev–Trinajstić information content (AvgIpc) is 3.23. The second kappa shape index (κ2) is 8.18. The van der Waals surface area contributed by atoms with Crippen molar-refractivity contribution < 1.29 is 9.21 Å². The largest absolute Gasteiger partial charge is 0.407 e. The summed E-state index contributed by atoms with van der Waals surface area (Å²) >= 11 is 1.80. The molecule has 0 fully saturated rings. The predicted octanol–water partition coefficient (Wildman–Crippen LogP) is 3.55. The zero-order chi connectivity index (χ0) is 18.5. The minimum absolute atomic E-state index is 0.0877. The van der Waals surface area contributed by atoms with E-state index in [0.717, 1.165) is 17.0 Å². The van der Waals surface area contributed by atoms with Crippen LogP contribution in [0.25, 0.3) is 0 Å². The van der Waals surface area contributed by atoms with Gasteiger partial charge in [0.05, 0.1) is 12.1 Å². The summed E-state index contributed by atoms with van der Waals surface area (Å²) in [6.45, 7) is 6.51. The molecule has 2 heterocycles. The van der Waals surface area contributed by atoms with Crippen molar-refractivity contribution in [3.63, 3.8) is 0 Å². The Morgan fingerprint density at radius 2 is 2.00 bits per heavy atom. The quantitative estimate of drug-likeness (QED) is 0.639. The van der Waals surface area contributed by atoms with Crippen molar-refractivity contribution in [3.8, 4) is 0 Å². The molecular weight excluding hydrogens is 350 g/mol. The number of rotatable bonds is 7. The molecule has 0 spiro atoms. The molecule has 1 N–H and O–H groups in total. The van der Waals surface area contributed by atoms with Gasteiger partial charge in [-0.05, 0) is 43.4 Å². The first-order valence-corrected chi connectivity index (χ1v) is 9.47. The van der Waals surface area contributed by atoms with Crippen molar-refractivity contribution in [2.75, 3.05) is 11.1 Å². The number of aromatic nitrogens is 4. The highest BCUT2D eigenvalue weighted by molar-refractivity contribution is 7.99. The molecule has 26 heavy (non-hydrogen) atoms. The third kappa shape index (κ3) is 4.32. The van der Waals surface area contributed by atoms with Crippen molar-refractivity contribution in [1.82, 2.24) is 20.0 Å². The van der Waals surface area contributed by atoms with E-state index in [1.807, 2.05) is 26.0 Å². The van der Waals surface area contributed by atoms with Gasteiger partial charge in [-0.2, -0.15) is 5.10 Å². The van der Waals surface area contributed by atoms with E-state index in [4.69, 9.17) is 4.42 Å². The maximum Gasteiger partial charge on any atom is 0.322 e. The lowest BCUT2D eigenvalue weighted by atomic mass is 10.1. The maximum absolute atomic E-state index is 12.4. The number of thioether (sulfide) groups is 1. The van der Waals surface area contributed by atoms with E-state index >= 15 is 0 Å². The highest BCUT2D eigenvalue weighted by Crippen LogP contribution is 2.19. The number of nitrogens with one attached hydrogen (secondary N) is 1. The van der Waals surface area contributed by atoms with Gasteiger partial charge in [-0.15, -0.1) is 16.9 Å². The Labute approximate surface area is 156 Å². The maximum atomic E-state index is 12.4. The van der Waals surface area contributed by atoms with E-state index in [1.165, 1.54) is 4.90 Å². The van der Waals surface area contributed by atoms with Gasteiger partial charge < -0.3 is 4.42 Å². The van der Waals surface area contributed by atoms with Crippen LogP contribution in [0.15, 0.2) is 39.6 Å².